The van der Waals surface area contributed by atoms with Gasteiger partial charge in [-0.1, -0.05) is 6.08 Å². The molecule has 5 nitrogen and oxygen atoms in total. The molecule has 0 saturated carbocycles. The molecule has 2 rings (SSSR count). The molecule has 1 aliphatic carbocycles. The van der Waals surface area contributed by atoms with Crippen LogP contribution < -0.4 is 4.74 Å². The van der Waals surface area contributed by atoms with E-state index in [4.69, 9.17) is 9.84 Å². The van der Waals surface area contributed by atoms with E-state index in [9.17, 15) is 9.59 Å². The second-order valence-corrected chi connectivity index (χ2v) is 5.94. The Morgan fingerprint density at radius 2 is 2.19 bits per heavy atom. The second kappa shape index (κ2) is 6.93. The third-order valence-corrected chi connectivity index (χ3v) is 4.24. The van der Waals surface area contributed by atoms with Crippen molar-refractivity contribution in [2.24, 2.45) is 0 Å². The monoisotopic (exact) mass is 401 g/mol. The van der Waals surface area contributed by atoms with E-state index >= 15 is 0 Å². The summed E-state index contributed by atoms with van der Waals surface area (Å²) < 4.78 is 6.25. The summed E-state index contributed by atoms with van der Waals surface area (Å²) in [6, 6.07) is 4.60. The topological polar surface area (TPSA) is 66.8 Å². The number of carboxylic acids is 1. The standard InChI is InChI=1S/C15H16INO4/c1-17(11-4-2-3-5-11)14(18)9-21-13-8-10(15(19)20)6-7-12(13)16/h4,6-8H,2-3,5,9H2,1H3,(H,19,20). The molecule has 1 aromatic carbocycles. The van der Waals surface area contributed by atoms with E-state index in [0.717, 1.165) is 28.5 Å². The lowest BCUT2D eigenvalue weighted by molar-refractivity contribution is -0.130. The van der Waals surface area contributed by atoms with E-state index in [-0.39, 0.29) is 18.1 Å². The molecule has 1 aliphatic rings. The van der Waals surface area contributed by atoms with Gasteiger partial charge in [0.15, 0.2) is 6.61 Å². The molecule has 0 saturated heterocycles. The van der Waals surface area contributed by atoms with Gasteiger partial charge >= 0.3 is 5.97 Å². The highest BCUT2D eigenvalue weighted by Gasteiger charge is 2.17. The molecule has 0 spiro atoms. The predicted molar refractivity (Wildman–Crippen MR) is 86.3 cm³/mol. The Morgan fingerprint density at radius 1 is 1.43 bits per heavy atom. The lowest BCUT2D eigenvalue weighted by atomic mass is 10.2. The van der Waals surface area contributed by atoms with Gasteiger partial charge in [-0.2, -0.15) is 0 Å². The van der Waals surface area contributed by atoms with Crippen LogP contribution in [0.4, 0.5) is 0 Å². The lowest BCUT2D eigenvalue weighted by Crippen LogP contribution is -2.30. The number of hydrogen-bond acceptors (Lipinski definition) is 3. The van der Waals surface area contributed by atoms with Crippen molar-refractivity contribution in [1.29, 1.82) is 0 Å². The minimum absolute atomic E-state index is 0.104. The van der Waals surface area contributed by atoms with Crippen molar-refractivity contribution < 1.29 is 19.4 Å². The van der Waals surface area contributed by atoms with Crippen molar-refractivity contribution in [3.8, 4) is 5.75 Å². The largest absolute Gasteiger partial charge is 0.483 e. The maximum atomic E-state index is 12.1. The van der Waals surface area contributed by atoms with Crippen LogP contribution in [0.2, 0.25) is 0 Å². The SMILES string of the molecule is CN(C(=O)COc1cc(C(=O)O)ccc1I)C1=CCCC1. The van der Waals surface area contributed by atoms with E-state index in [2.05, 4.69) is 6.08 Å². The number of likely N-dealkylation sites (N-methyl/N-ethyl adjacent to an activating group) is 1. The third-order valence-electron chi connectivity index (χ3n) is 3.35. The fourth-order valence-corrected chi connectivity index (χ4v) is 2.59. The highest BCUT2D eigenvalue weighted by molar-refractivity contribution is 14.1. The van der Waals surface area contributed by atoms with E-state index in [1.165, 1.54) is 12.1 Å². The van der Waals surface area contributed by atoms with Gasteiger partial charge in [0, 0.05) is 12.7 Å². The Balaban J connectivity index is 2.00. The molecule has 0 radical (unpaired) electrons. The summed E-state index contributed by atoms with van der Waals surface area (Å²) in [6.07, 6.45) is 5.06. The third kappa shape index (κ3) is 3.96. The lowest BCUT2D eigenvalue weighted by Gasteiger charge is -2.19. The number of nitrogens with zero attached hydrogens (tertiary/aromatic N) is 1. The van der Waals surface area contributed by atoms with Gasteiger partial charge in [-0.15, -0.1) is 0 Å². The zero-order valence-corrected chi connectivity index (χ0v) is 13.8. The van der Waals surface area contributed by atoms with Crippen LogP contribution in [0.15, 0.2) is 30.0 Å². The molecule has 1 amide bonds. The molecule has 1 aromatic rings. The fourth-order valence-electron chi connectivity index (χ4n) is 2.10. The van der Waals surface area contributed by atoms with Crippen LogP contribution in [-0.4, -0.2) is 35.5 Å². The molecule has 0 heterocycles. The summed E-state index contributed by atoms with van der Waals surface area (Å²) >= 11 is 2.05. The smallest absolute Gasteiger partial charge is 0.335 e. The van der Waals surface area contributed by atoms with Gasteiger partial charge in [-0.25, -0.2) is 4.79 Å². The van der Waals surface area contributed by atoms with E-state index in [1.54, 1.807) is 18.0 Å². The molecule has 0 unspecified atom stereocenters. The van der Waals surface area contributed by atoms with Gasteiger partial charge in [0.05, 0.1) is 9.13 Å². The molecular formula is C15H16INO4. The molecule has 112 valence electrons. The first-order chi connectivity index (χ1) is 9.99. The quantitative estimate of drug-likeness (QED) is 0.771. The average Bonchev–Trinajstić information content (AvgIpc) is 2.99. The van der Waals surface area contributed by atoms with E-state index < -0.39 is 5.97 Å². The Labute approximate surface area is 136 Å². The molecule has 21 heavy (non-hydrogen) atoms. The number of aromatic carboxylic acids is 1. The van der Waals surface area contributed by atoms with Crippen molar-refractivity contribution in [3.63, 3.8) is 0 Å². The summed E-state index contributed by atoms with van der Waals surface area (Å²) in [7, 11) is 1.74. The van der Waals surface area contributed by atoms with Crippen molar-refractivity contribution >= 4 is 34.5 Å². The number of halogens is 1. The summed E-state index contributed by atoms with van der Waals surface area (Å²) in [6.45, 7) is -0.104. The van der Waals surface area contributed by atoms with E-state index in [0.29, 0.717) is 5.75 Å². The summed E-state index contributed by atoms with van der Waals surface area (Å²) in [4.78, 5) is 24.6. The number of allylic oxidation sites excluding steroid dienone is 2. The maximum Gasteiger partial charge on any atom is 0.335 e. The zero-order valence-electron chi connectivity index (χ0n) is 11.6. The minimum Gasteiger partial charge on any atom is -0.483 e. The van der Waals surface area contributed by atoms with Gasteiger partial charge in [0.1, 0.15) is 5.75 Å². The minimum atomic E-state index is -1.02. The highest BCUT2D eigenvalue weighted by atomic mass is 127. The van der Waals surface area contributed by atoms with Gasteiger partial charge in [0.25, 0.3) is 5.91 Å². The van der Waals surface area contributed by atoms with Crippen LogP contribution in [0, 0.1) is 3.57 Å². The van der Waals surface area contributed by atoms with Gasteiger partial charge in [-0.05, 0) is 60.1 Å². The number of hydrogen-bond donors (Lipinski definition) is 1. The molecular weight excluding hydrogens is 385 g/mol. The predicted octanol–water partition coefficient (Wildman–Crippen LogP) is 2.89. The molecule has 0 atom stereocenters. The number of carbonyl (C=O) groups excluding carboxylic acids is 1. The number of carbonyl (C=O) groups is 2. The normalized spacial score (nSPS) is 13.7. The highest BCUT2D eigenvalue weighted by Crippen LogP contribution is 2.23. The second-order valence-electron chi connectivity index (χ2n) is 4.78. The van der Waals surface area contributed by atoms with Crippen LogP contribution in [0.5, 0.6) is 5.75 Å². The number of rotatable bonds is 5. The Bertz CT molecular complexity index is 597. The van der Waals surface area contributed by atoms with Crippen LogP contribution in [0.1, 0.15) is 29.6 Å². The van der Waals surface area contributed by atoms with Gasteiger partial charge in [0.2, 0.25) is 0 Å². The first-order valence-corrected chi connectivity index (χ1v) is 7.68. The number of ether oxygens (including phenoxy) is 1. The van der Waals surface area contributed by atoms with Gasteiger partial charge < -0.3 is 14.7 Å². The van der Waals surface area contributed by atoms with Crippen LogP contribution >= 0.6 is 22.6 Å². The summed E-state index contributed by atoms with van der Waals surface area (Å²) in [5.74, 6) is -0.742. The molecule has 6 heteroatoms. The van der Waals surface area contributed by atoms with Crippen LogP contribution in [-0.2, 0) is 4.79 Å². The van der Waals surface area contributed by atoms with Crippen LogP contribution in [0.25, 0.3) is 0 Å². The van der Waals surface area contributed by atoms with Crippen molar-refractivity contribution in [2.45, 2.75) is 19.3 Å². The molecule has 0 aromatic heterocycles. The first kappa shape index (κ1) is 15.8. The van der Waals surface area contributed by atoms with Crippen LogP contribution in [0.3, 0.4) is 0 Å². The summed E-state index contributed by atoms with van der Waals surface area (Å²) in [5.41, 5.74) is 1.17. The zero-order chi connectivity index (χ0) is 15.4. The van der Waals surface area contributed by atoms with Gasteiger partial charge in [-0.3, -0.25) is 4.79 Å². The number of amides is 1. The number of benzene rings is 1. The molecule has 0 aliphatic heterocycles. The molecule has 0 fully saturated rings. The molecule has 1 N–H and O–H groups in total. The maximum absolute atomic E-state index is 12.1. The van der Waals surface area contributed by atoms with Crippen molar-refractivity contribution in [1.82, 2.24) is 4.90 Å². The summed E-state index contributed by atoms with van der Waals surface area (Å²) in [5, 5.41) is 8.97. The van der Waals surface area contributed by atoms with E-state index in [1.807, 2.05) is 22.6 Å². The Morgan fingerprint density at radius 3 is 2.81 bits per heavy atom. The average molecular weight is 401 g/mol. The first-order valence-electron chi connectivity index (χ1n) is 6.60. The van der Waals surface area contributed by atoms with Crippen molar-refractivity contribution in [2.75, 3.05) is 13.7 Å². The molecule has 0 bridgehead atoms. The Hall–Kier alpha value is -1.57. The number of carboxylic acid groups (broad SMARTS) is 1. The fraction of sp³-hybridized carbons (Fsp3) is 0.333. The Kier molecular flexibility index (Phi) is 5.22. The van der Waals surface area contributed by atoms with Crippen molar-refractivity contribution in [3.05, 3.63) is 39.1 Å².